The average molecular weight is 386 g/mol. The highest BCUT2D eigenvalue weighted by molar-refractivity contribution is 7.14. The molecule has 3 aromatic rings. The topological polar surface area (TPSA) is 46.5 Å². The summed E-state index contributed by atoms with van der Waals surface area (Å²) in [5.41, 5.74) is 5.88. The minimum Gasteiger partial charge on any atom is -0.492 e. The molecule has 0 aliphatic rings. The molecule has 2 aromatic carbocycles. The van der Waals surface area contributed by atoms with Gasteiger partial charge in [-0.05, 0) is 30.2 Å². The molecule has 26 heavy (non-hydrogen) atoms. The van der Waals surface area contributed by atoms with Crippen LogP contribution in [0.25, 0.3) is 11.3 Å². The number of ether oxygens (including phenoxy) is 1. The molecule has 0 saturated heterocycles. The van der Waals surface area contributed by atoms with Crippen LogP contribution in [0.3, 0.4) is 0 Å². The molecule has 0 aliphatic heterocycles. The molecular weight excluding hydrogens is 366 g/mol. The van der Waals surface area contributed by atoms with E-state index in [1.807, 2.05) is 53.9 Å². The number of hydrogen-bond acceptors (Lipinski definition) is 5. The minimum atomic E-state index is 0.589. The van der Waals surface area contributed by atoms with Gasteiger partial charge in [-0.2, -0.15) is 5.10 Å². The predicted octanol–water partition coefficient (Wildman–Crippen LogP) is 6.09. The van der Waals surface area contributed by atoms with Gasteiger partial charge in [-0.15, -0.1) is 11.3 Å². The first-order valence-electron chi connectivity index (χ1n) is 8.48. The summed E-state index contributed by atoms with van der Waals surface area (Å²) in [6.45, 7) is 2.81. The van der Waals surface area contributed by atoms with Gasteiger partial charge < -0.3 is 4.74 Å². The molecule has 0 amide bonds. The van der Waals surface area contributed by atoms with E-state index in [0.29, 0.717) is 17.4 Å². The molecule has 0 unspecified atom stereocenters. The highest BCUT2D eigenvalue weighted by atomic mass is 35.5. The zero-order valence-corrected chi connectivity index (χ0v) is 16.1. The van der Waals surface area contributed by atoms with Gasteiger partial charge in [-0.25, -0.2) is 4.98 Å². The molecule has 0 fully saturated rings. The van der Waals surface area contributed by atoms with Crippen molar-refractivity contribution in [1.82, 2.24) is 4.98 Å². The van der Waals surface area contributed by atoms with Crippen molar-refractivity contribution >= 4 is 34.3 Å². The lowest BCUT2D eigenvalue weighted by Gasteiger charge is -2.07. The number of halogens is 1. The summed E-state index contributed by atoms with van der Waals surface area (Å²) < 4.78 is 5.65. The zero-order chi connectivity index (χ0) is 18.2. The third-order valence-electron chi connectivity index (χ3n) is 3.66. The molecular formula is C20H20ClN3OS. The average Bonchev–Trinajstić information content (AvgIpc) is 3.13. The summed E-state index contributed by atoms with van der Waals surface area (Å²) in [4.78, 5) is 4.53. The zero-order valence-electron chi connectivity index (χ0n) is 14.5. The predicted molar refractivity (Wildman–Crippen MR) is 111 cm³/mol. The van der Waals surface area contributed by atoms with Gasteiger partial charge in [0, 0.05) is 10.9 Å². The van der Waals surface area contributed by atoms with Crippen molar-refractivity contribution in [1.29, 1.82) is 0 Å². The molecule has 0 atom stereocenters. The number of hydrogen-bond donors (Lipinski definition) is 1. The van der Waals surface area contributed by atoms with Gasteiger partial charge in [-0.1, -0.05) is 55.3 Å². The Kier molecular flexibility index (Phi) is 6.63. The number of thiazole rings is 1. The minimum absolute atomic E-state index is 0.589. The molecule has 0 aliphatic carbocycles. The molecule has 1 aromatic heterocycles. The third-order valence-corrected chi connectivity index (χ3v) is 4.70. The molecule has 134 valence electrons. The highest BCUT2D eigenvalue weighted by Crippen LogP contribution is 2.26. The van der Waals surface area contributed by atoms with Crippen LogP contribution in [0, 0.1) is 0 Å². The molecule has 0 bridgehead atoms. The fraction of sp³-hybridized carbons (Fsp3) is 0.200. The van der Waals surface area contributed by atoms with E-state index in [9.17, 15) is 0 Å². The van der Waals surface area contributed by atoms with Gasteiger partial charge in [0.15, 0.2) is 0 Å². The smallest absolute Gasteiger partial charge is 0.203 e. The number of anilines is 1. The van der Waals surface area contributed by atoms with Crippen LogP contribution >= 0.6 is 22.9 Å². The quantitative estimate of drug-likeness (QED) is 0.290. The standard InChI is InChI=1S/C20H20ClN3OS/c1-2-3-11-25-19-10-9-15(12-17(19)21)13-22-24-20-23-18(14-26-20)16-7-5-4-6-8-16/h4-10,12-14H,2-3,11H2,1H3,(H,23,24). The molecule has 0 spiro atoms. The number of unbranched alkanes of at least 4 members (excludes halogenated alkanes) is 1. The van der Waals surface area contributed by atoms with Crippen molar-refractivity contribution < 1.29 is 4.74 Å². The Labute approximate surface area is 162 Å². The van der Waals surface area contributed by atoms with Crippen molar-refractivity contribution in [2.45, 2.75) is 19.8 Å². The van der Waals surface area contributed by atoms with Crippen LogP contribution in [0.4, 0.5) is 5.13 Å². The second kappa shape index (κ2) is 9.36. The van der Waals surface area contributed by atoms with Crippen molar-refractivity contribution in [3.05, 3.63) is 64.5 Å². The summed E-state index contributed by atoms with van der Waals surface area (Å²) in [5.74, 6) is 0.706. The molecule has 3 rings (SSSR count). The van der Waals surface area contributed by atoms with Crippen LogP contribution < -0.4 is 10.2 Å². The van der Waals surface area contributed by atoms with Crippen LogP contribution in [0.1, 0.15) is 25.3 Å². The number of nitrogens with one attached hydrogen (secondary N) is 1. The van der Waals surface area contributed by atoms with Crippen LogP contribution in [0.2, 0.25) is 5.02 Å². The Balaban J connectivity index is 1.59. The van der Waals surface area contributed by atoms with E-state index < -0.39 is 0 Å². The molecule has 0 saturated carbocycles. The summed E-state index contributed by atoms with van der Waals surface area (Å²) in [6, 6.07) is 15.7. The SMILES string of the molecule is CCCCOc1ccc(C=NNc2nc(-c3ccccc3)cs2)cc1Cl. The Hall–Kier alpha value is -2.37. The lowest BCUT2D eigenvalue weighted by molar-refractivity contribution is 0.309. The van der Waals surface area contributed by atoms with Crippen molar-refractivity contribution in [2.24, 2.45) is 5.10 Å². The van der Waals surface area contributed by atoms with Crippen LogP contribution in [-0.4, -0.2) is 17.8 Å². The van der Waals surface area contributed by atoms with Gasteiger partial charge in [0.1, 0.15) is 5.75 Å². The van der Waals surface area contributed by atoms with Gasteiger partial charge in [0.05, 0.1) is 23.5 Å². The third kappa shape index (κ3) is 5.07. The van der Waals surface area contributed by atoms with E-state index in [2.05, 4.69) is 22.4 Å². The van der Waals surface area contributed by atoms with E-state index in [4.69, 9.17) is 16.3 Å². The van der Waals surface area contributed by atoms with Crippen LogP contribution in [-0.2, 0) is 0 Å². The number of rotatable bonds is 8. The van der Waals surface area contributed by atoms with E-state index in [-0.39, 0.29) is 0 Å². The Morgan fingerprint density at radius 3 is 2.85 bits per heavy atom. The fourth-order valence-electron chi connectivity index (χ4n) is 2.27. The van der Waals surface area contributed by atoms with Crippen molar-refractivity contribution in [3.63, 3.8) is 0 Å². The van der Waals surface area contributed by atoms with Gasteiger partial charge >= 0.3 is 0 Å². The van der Waals surface area contributed by atoms with E-state index >= 15 is 0 Å². The second-order valence-corrected chi connectivity index (χ2v) is 6.93. The van der Waals surface area contributed by atoms with Crippen molar-refractivity contribution in [2.75, 3.05) is 12.0 Å². The summed E-state index contributed by atoms with van der Waals surface area (Å²) in [5, 5.41) is 7.57. The number of aromatic nitrogens is 1. The lowest BCUT2D eigenvalue weighted by atomic mass is 10.2. The maximum atomic E-state index is 6.26. The summed E-state index contributed by atoms with van der Waals surface area (Å²) in [6.07, 6.45) is 3.82. The Morgan fingerprint density at radius 1 is 1.23 bits per heavy atom. The monoisotopic (exact) mass is 385 g/mol. The summed E-state index contributed by atoms with van der Waals surface area (Å²) >= 11 is 7.77. The van der Waals surface area contributed by atoms with Gasteiger partial charge in [0.2, 0.25) is 5.13 Å². The lowest BCUT2D eigenvalue weighted by Crippen LogP contribution is -1.97. The Bertz CT molecular complexity index is 865. The Morgan fingerprint density at radius 2 is 2.08 bits per heavy atom. The first-order valence-corrected chi connectivity index (χ1v) is 9.74. The normalized spacial score (nSPS) is 11.0. The van der Waals surface area contributed by atoms with E-state index in [1.54, 1.807) is 6.21 Å². The van der Waals surface area contributed by atoms with Crippen LogP contribution in [0.5, 0.6) is 5.75 Å². The molecule has 1 N–H and O–H groups in total. The first-order chi connectivity index (χ1) is 12.8. The first kappa shape index (κ1) is 18.4. The second-order valence-electron chi connectivity index (χ2n) is 5.67. The largest absolute Gasteiger partial charge is 0.492 e. The number of hydrazone groups is 1. The molecule has 6 heteroatoms. The number of nitrogens with zero attached hydrogens (tertiary/aromatic N) is 2. The molecule has 4 nitrogen and oxygen atoms in total. The number of benzene rings is 2. The van der Waals surface area contributed by atoms with Crippen molar-refractivity contribution in [3.8, 4) is 17.0 Å². The summed E-state index contributed by atoms with van der Waals surface area (Å²) in [7, 11) is 0. The maximum absolute atomic E-state index is 6.26. The van der Waals surface area contributed by atoms with E-state index in [0.717, 1.165) is 34.8 Å². The fourth-order valence-corrected chi connectivity index (χ4v) is 3.18. The highest BCUT2D eigenvalue weighted by Gasteiger charge is 2.04. The van der Waals surface area contributed by atoms with Crippen LogP contribution in [0.15, 0.2) is 59.0 Å². The maximum Gasteiger partial charge on any atom is 0.203 e. The molecule has 1 heterocycles. The molecule has 0 radical (unpaired) electrons. The van der Waals surface area contributed by atoms with E-state index in [1.165, 1.54) is 11.3 Å². The van der Waals surface area contributed by atoms with Gasteiger partial charge in [-0.3, -0.25) is 5.43 Å². The van der Waals surface area contributed by atoms with Gasteiger partial charge in [0.25, 0.3) is 0 Å².